The maximum absolute atomic E-state index is 14.0. The summed E-state index contributed by atoms with van der Waals surface area (Å²) in [5.41, 5.74) is 1.75. The van der Waals surface area contributed by atoms with Crippen LogP contribution < -0.4 is 19.8 Å². The van der Waals surface area contributed by atoms with E-state index in [0.717, 1.165) is 33.2 Å². The highest BCUT2D eigenvalue weighted by molar-refractivity contribution is 8.00. The van der Waals surface area contributed by atoms with E-state index in [0.29, 0.717) is 27.2 Å². The van der Waals surface area contributed by atoms with Crippen molar-refractivity contribution in [3.63, 3.8) is 0 Å². The molecule has 0 spiro atoms. The zero-order chi connectivity index (χ0) is 31.9. The van der Waals surface area contributed by atoms with Crippen LogP contribution >= 0.6 is 46.3 Å². The molecule has 46 heavy (non-hydrogen) atoms. The topological polar surface area (TPSA) is 129 Å². The molecule has 8 rings (SSSR count). The highest BCUT2D eigenvalue weighted by Gasteiger charge is 2.69. The summed E-state index contributed by atoms with van der Waals surface area (Å²) in [6, 6.07) is 18.1. The van der Waals surface area contributed by atoms with Gasteiger partial charge in [0.15, 0.2) is 6.61 Å². The van der Waals surface area contributed by atoms with Crippen LogP contribution in [0, 0.1) is 29.6 Å². The number of rotatable bonds is 6. The summed E-state index contributed by atoms with van der Waals surface area (Å²) in [5, 5.41) is 14.0. The Hall–Kier alpha value is -3.77. The van der Waals surface area contributed by atoms with Gasteiger partial charge in [0.05, 0.1) is 22.5 Å². The van der Waals surface area contributed by atoms with Gasteiger partial charge in [0.25, 0.3) is 5.91 Å². The smallest absolute Gasteiger partial charge is 0.305 e. The molecule has 3 fully saturated rings. The van der Waals surface area contributed by atoms with Crippen molar-refractivity contribution in [3.05, 3.63) is 96.9 Å². The lowest BCUT2D eigenvalue weighted by Crippen LogP contribution is -2.42. The van der Waals surface area contributed by atoms with Gasteiger partial charge in [0.2, 0.25) is 11.8 Å². The Bertz CT molecular complexity index is 1960. The molecule has 13 heteroatoms. The van der Waals surface area contributed by atoms with Crippen molar-refractivity contribution < 1.29 is 24.2 Å². The number of H-pyrrole nitrogens is 1. The van der Waals surface area contributed by atoms with E-state index in [1.807, 2.05) is 6.07 Å². The van der Waals surface area contributed by atoms with Crippen molar-refractivity contribution in [2.24, 2.45) is 29.6 Å². The molecule has 2 saturated carbocycles. The SMILES string of the molecule is O=C(COc1ccc(Cl)cc1[C@@H]1c2sc(=O)[nH]c2S[C@@H]2[C@@H]3C[C@@H]([C@@H]4C(=O)N(c5ccc(Cl)cc5)C(=O)[C@@H]34)[C@H]12)Nc1ccc(O)cc1. The van der Waals surface area contributed by atoms with E-state index >= 15 is 0 Å². The number of carbonyl (C=O) groups is 3. The van der Waals surface area contributed by atoms with Crippen molar-refractivity contribution in [1.82, 2.24) is 4.98 Å². The minimum absolute atomic E-state index is 0.0273. The summed E-state index contributed by atoms with van der Waals surface area (Å²) < 4.78 is 6.11. The number of thioether (sulfide) groups is 1. The lowest BCUT2D eigenvalue weighted by molar-refractivity contribution is -0.123. The maximum atomic E-state index is 14.0. The third-order valence-corrected chi connectivity index (χ3v) is 12.7. The highest BCUT2D eigenvalue weighted by Crippen LogP contribution is 2.69. The first-order valence-corrected chi connectivity index (χ1v) is 17.2. The monoisotopic (exact) mass is 693 g/mol. The fourth-order valence-electron chi connectivity index (χ4n) is 7.99. The number of benzene rings is 3. The second-order valence-corrected chi connectivity index (χ2v) is 15.1. The van der Waals surface area contributed by atoms with Crippen LogP contribution in [0.2, 0.25) is 10.0 Å². The number of nitrogens with one attached hydrogen (secondary N) is 2. The molecule has 4 aromatic rings. The van der Waals surface area contributed by atoms with Crippen LogP contribution in [0.25, 0.3) is 0 Å². The number of phenolic OH excluding ortho intramolecular Hbond substituents is 1. The van der Waals surface area contributed by atoms with Gasteiger partial charge in [-0.15, -0.1) is 11.8 Å². The van der Waals surface area contributed by atoms with Gasteiger partial charge in [-0.05, 0) is 90.9 Å². The Labute approximate surface area is 280 Å². The van der Waals surface area contributed by atoms with E-state index < -0.39 is 17.7 Å². The summed E-state index contributed by atoms with van der Waals surface area (Å²) >= 11 is 15.4. The predicted molar refractivity (Wildman–Crippen MR) is 176 cm³/mol. The molecule has 2 aliphatic heterocycles. The Morgan fingerprint density at radius 2 is 1.65 bits per heavy atom. The second kappa shape index (κ2) is 11.2. The highest BCUT2D eigenvalue weighted by atomic mass is 35.5. The molecular weight excluding hydrogens is 669 g/mol. The van der Waals surface area contributed by atoms with Crippen LogP contribution in [-0.2, 0) is 14.4 Å². The number of fused-ring (bicyclic) bond motifs is 9. The summed E-state index contributed by atoms with van der Waals surface area (Å²) in [6.45, 7) is -0.291. The first-order chi connectivity index (χ1) is 22.2. The van der Waals surface area contributed by atoms with E-state index in [9.17, 15) is 24.3 Å². The van der Waals surface area contributed by atoms with Gasteiger partial charge in [-0.1, -0.05) is 34.5 Å². The number of nitrogens with zero attached hydrogens (tertiary/aromatic N) is 1. The fourth-order valence-corrected chi connectivity index (χ4v) is 11.2. The van der Waals surface area contributed by atoms with Crippen molar-refractivity contribution in [2.45, 2.75) is 22.6 Å². The standard InChI is InChI=1S/C33H25Cl2N3O6S2/c34-14-1-6-17(7-2-14)38-31(41)26-20-12-21(27(26)32(38)42)28-25(20)24(29-30(45-28)37-33(43)46-29)19-11-15(35)3-10-22(19)44-13-23(40)36-16-4-8-18(39)9-5-16/h1-11,20-21,24-28,39H,12-13H2,(H,36,40)(H,37,43)/t20-,21-,24+,25-,26+,27+,28-/m1/s1. The molecular formula is C33H25Cl2N3O6S2. The summed E-state index contributed by atoms with van der Waals surface area (Å²) in [7, 11) is 0. The number of anilines is 2. The number of carbonyl (C=O) groups excluding carboxylic acids is 3. The quantitative estimate of drug-likeness (QED) is 0.163. The van der Waals surface area contributed by atoms with Gasteiger partial charge < -0.3 is 20.1 Å². The Kier molecular flexibility index (Phi) is 7.20. The molecule has 4 aliphatic rings. The van der Waals surface area contributed by atoms with E-state index in [2.05, 4.69) is 10.3 Å². The minimum atomic E-state index is -0.477. The number of phenols is 1. The van der Waals surface area contributed by atoms with Gasteiger partial charge in [0.1, 0.15) is 11.5 Å². The molecule has 2 aliphatic carbocycles. The van der Waals surface area contributed by atoms with Gasteiger partial charge in [0, 0.05) is 37.3 Å². The molecule has 3 heterocycles. The number of amides is 3. The number of aromatic amines is 1. The van der Waals surface area contributed by atoms with Crippen molar-refractivity contribution in [1.29, 1.82) is 0 Å². The van der Waals surface area contributed by atoms with Crippen molar-refractivity contribution in [3.8, 4) is 11.5 Å². The summed E-state index contributed by atoms with van der Waals surface area (Å²) in [4.78, 5) is 58.4. The maximum Gasteiger partial charge on any atom is 0.305 e. The molecule has 2 bridgehead atoms. The average Bonchev–Trinajstić information content (AvgIpc) is 3.77. The van der Waals surface area contributed by atoms with E-state index in [1.165, 1.54) is 17.0 Å². The van der Waals surface area contributed by atoms with E-state index in [-0.39, 0.29) is 58.0 Å². The van der Waals surface area contributed by atoms with Crippen LogP contribution in [-0.4, -0.2) is 39.7 Å². The van der Waals surface area contributed by atoms with Gasteiger partial charge in [-0.3, -0.25) is 24.1 Å². The third kappa shape index (κ3) is 4.74. The number of hydrogen-bond donors (Lipinski definition) is 3. The summed E-state index contributed by atoms with van der Waals surface area (Å²) in [5.74, 6) is -1.75. The molecule has 3 N–H and O–H groups in total. The van der Waals surface area contributed by atoms with Crippen LogP contribution in [0.5, 0.6) is 11.5 Å². The molecule has 3 amide bonds. The van der Waals surface area contributed by atoms with Crippen molar-refractivity contribution >= 4 is 75.4 Å². The number of thiazole rings is 1. The normalized spacial score (nSPS) is 27.3. The van der Waals surface area contributed by atoms with Gasteiger partial charge in [-0.2, -0.15) is 0 Å². The predicted octanol–water partition coefficient (Wildman–Crippen LogP) is 6.14. The number of imide groups is 1. The number of aromatic hydroxyl groups is 1. The minimum Gasteiger partial charge on any atom is -0.508 e. The number of halogens is 2. The molecule has 3 aromatic carbocycles. The second-order valence-electron chi connectivity index (χ2n) is 12.0. The van der Waals surface area contributed by atoms with Gasteiger partial charge in [-0.25, -0.2) is 0 Å². The fraction of sp³-hybridized carbons (Fsp3) is 0.273. The molecule has 1 aromatic heterocycles. The number of hydrogen-bond acceptors (Lipinski definition) is 8. The van der Waals surface area contributed by atoms with Gasteiger partial charge >= 0.3 is 4.87 Å². The third-order valence-electron chi connectivity index (χ3n) is 9.63. The number of ether oxygens (including phenoxy) is 1. The zero-order valence-corrected chi connectivity index (χ0v) is 27.0. The largest absolute Gasteiger partial charge is 0.508 e. The summed E-state index contributed by atoms with van der Waals surface area (Å²) in [6.07, 6.45) is 0.727. The van der Waals surface area contributed by atoms with Crippen LogP contribution in [0.4, 0.5) is 11.4 Å². The van der Waals surface area contributed by atoms with E-state index in [4.69, 9.17) is 27.9 Å². The molecule has 9 nitrogen and oxygen atoms in total. The first kappa shape index (κ1) is 29.6. The molecule has 1 saturated heterocycles. The van der Waals surface area contributed by atoms with Crippen molar-refractivity contribution in [2.75, 3.05) is 16.8 Å². The van der Waals surface area contributed by atoms with E-state index in [1.54, 1.807) is 60.3 Å². The number of aromatic nitrogens is 1. The van der Waals surface area contributed by atoms with Crippen LogP contribution in [0.3, 0.4) is 0 Å². The average molecular weight is 695 g/mol. The Morgan fingerprint density at radius 1 is 0.957 bits per heavy atom. The van der Waals surface area contributed by atoms with Crippen LogP contribution in [0.15, 0.2) is 76.6 Å². The molecule has 0 radical (unpaired) electrons. The Morgan fingerprint density at radius 3 is 2.39 bits per heavy atom. The van der Waals surface area contributed by atoms with Crippen LogP contribution in [0.1, 0.15) is 22.8 Å². The Balaban J connectivity index is 1.14. The zero-order valence-electron chi connectivity index (χ0n) is 23.8. The molecule has 0 unspecified atom stereocenters. The molecule has 234 valence electrons. The lowest BCUT2D eigenvalue weighted by atomic mass is 9.68. The molecule has 7 atom stereocenters. The lowest BCUT2D eigenvalue weighted by Gasteiger charge is -2.43. The first-order valence-electron chi connectivity index (χ1n) is 14.7.